The molecule has 4 amide bonds. The number of carbonyl (C=O) groups is 4. The van der Waals surface area contributed by atoms with E-state index in [1.54, 1.807) is 18.2 Å². The predicted octanol–water partition coefficient (Wildman–Crippen LogP) is 3.88. The van der Waals surface area contributed by atoms with E-state index < -0.39 is 17.8 Å². The molecule has 0 bridgehead atoms. The third-order valence-corrected chi connectivity index (χ3v) is 7.40. The third-order valence-electron chi connectivity index (χ3n) is 7.40. The molecule has 4 rings (SSSR count). The molecule has 1 saturated heterocycles. The van der Waals surface area contributed by atoms with E-state index >= 15 is 0 Å². The molecule has 1 heterocycles. The van der Waals surface area contributed by atoms with Crippen LogP contribution in [0.15, 0.2) is 66.7 Å². The number of hydrogen-bond acceptors (Lipinski definition) is 4. The highest BCUT2D eigenvalue weighted by Gasteiger charge is 2.47. The number of nitrogens with zero attached hydrogens (tertiary/aromatic N) is 2. The van der Waals surface area contributed by atoms with Crippen LogP contribution in [0.25, 0.3) is 0 Å². The molecular weight excluding hydrogens is 497 g/mol. The number of rotatable bonds is 11. The lowest BCUT2D eigenvalue weighted by atomic mass is 9.85. The molecule has 0 saturated carbocycles. The molecule has 1 N–H and O–H groups in total. The van der Waals surface area contributed by atoms with E-state index in [-0.39, 0.29) is 67.0 Å². The van der Waals surface area contributed by atoms with Crippen molar-refractivity contribution in [2.75, 3.05) is 13.1 Å². The number of carbonyl (C=O) groups excluding carboxylic acids is 4. The van der Waals surface area contributed by atoms with Crippen LogP contribution in [0.3, 0.4) is 0 Å². The molecule has 1 aliphatic heterocycles. The highest BCUT2D eigenvalue weighted by Crippen LogP contribution is 2.35. The molecule has 1 fully saturated rings. The van der Waals surface area contributed by atoms with E-state index in [1.807, 2.05) is 56.3 Å². The molecule has 3 atom stereocenters. The van der Waals surface area contributed by atoms with Gasteiger partial charge in [-0.05, 0) is 30.4 Å². The summed E-state index contributed by atoms with van der Waals surface area (Å²) in [7, 11) is 0. The molecule has 7 nitrogen and oxygen atoms in total. The van der Waals surface area contributed by atoms with E-state index in [0.29, 0.717) is 19.4 Å². The number of likely N-dealkylation sites (tertiary alicyclic amines) is 1. The van der Waals surface area contributed by atoms with Gasteiger partial charge in [-0.1, -0.05) is 74.5 Å². The molecular formula is C31H36FN3O4. The van der Waals surface area contributed by atoms with Gasteiger partial charge in [0.2, 0.25) is 23.6 Å². The lowest BCUT2D eigenvalue weighted by Gasteiger charge is -2.32. The normalized spacial score (nSPS) is 19.2. The number of nitrogens with one attached hydrogen (secondary N) is 1. The lowest BCUT2D eigenvalue weighted by Crippen LogP contribution is -2.51. The summed E-state index contributed by atoms with van der Waals surface area (Å²) in [4.78, 5) is 55.7. The summed E-state index contributed by atoms with van der Waals surface area (Å²) in [5, 5.41) is 2.93. The van der Waals surface area contributed by atoms with E-state index in [1.165, 1.54) is 15.9 Å². The van der Waals surface area contributed by atoms with Crippen molar-refractivity contribution >= 4 is 23.6 Å². The number of imide groups is 1. The smallest absolute Gasteiger partial charge is 0.243 e. The van der Waals surface area contributed by atoms with Crippen molar-refractivity contribution in [3.8, 4) is 0 Å². The summed E-state index contributed by atoms with van der Waals surface area (Å²) < 4.78 is 14.7. The van der Waals surface area contributed by atoms with Crippen LogP contribution < -0.4 is 5.32 Å². The van der Waals surface area contributed by atoms with Gasteiger partial charge in [-0.2, -0.15) is 0 Å². The van der Waals surface area contributed by atoms with Gasteiger partial charge >= 0.3 is 0 Å². The minimum Gasteiger partial charge on any atom is -0.354 e. The van der Waals surface area contributed by atoms with Crippen LogP contribution in [0.4, 0.5) is 4.39 Å². The van der Waals surface area contributed by atoms with Crippen LogP contribution in [-0.4, -0.2) is 52.6 Å². The number of amides is 4. The first-order valence-electron chi connectivity index (χ1n) is 13.6. The first-order chi connectivity index (χ1) is 18.8. The summed E-state index contributed by atoms with van der Waals surface area (Å²) in [5.41, 5.74) is 1.14. The van der Waals surface area contributed by atoms with Gasteiger partial charge in [-0.3, -0.25) is 24.1 Å². The van der Waals surface area contributed by atoms with Gasteiger partial charge in [-0.25, -0.2) is 4.39 Å². The Balaban J connectivity index is 1.59. The molecule has 39 heavy (non-hydrogen) atoms. The van der Waals surface area contributed by atoms with E-state index in [4.69, 9.17) is 0 Å². The SMILES string of the molecule is CC(C)CNC(=O)[C@@H](Cc1ccccc1)N(Cc1ccccc1F)C(=O)CCN1C(=O)[C@H]2CC=CC[C@H]2C1=O. The monoisotopic (exact) mass is 533 g/mol. The van der Waals surface area contributed by atoms with Gasteiger partial charge in [0.05, 0.1) is 11.8 Å². The molecule has 0 spiro atoms. The first-order valence-corrected chi connectivity index (χ1v) is 13.6. The maximum Gasteiger partial charge on any atom is 0.243 e. The van der Waals surface area contributed by atoms with Gasteiger partial charge in [0.15, 0.2) is 0 Å². The maximum atomic E-state index is 14.7. The molecule has 0 radical (unpaired) electrons. The fraction of sp³-hybridized carbons (Fsp3) is 0.419. The van der Waals surface area contributed by atoms with E-state index in [2.05, 4.69) is 5.32 Å². The van der Waals surface area contributed by atoms with Crippen LogP contribution in [0.2, 0.25) is 0 Å². The Hall–Kier alpha value is -3.81. The van der Waals surface area contributed by atoms with Crippen molar-refractivity contribution in [2.45, 2.75) is 52.1 Å². The molecule has 0 aromatic heterocycles. The zero-order valence-electron chi connectivity index (χ0n) is 22.5. The minimum atomic E-state index is -0.907. The fourth-order valence-electron chi connectivity index (χ4n) is 5.23. The molecule has 2 aromatic carbocycles. The number of allylic oxidation sites excluding steroid dienone is 2. The standard InChI is InChI=1S/C31H36FN3O4/c1-21(2)19-33-29(37)27(18-22-10-4-3-5-11-22)35(20-23-12-6-9-15-26(23)32)28(36)16-17-34-30(38)24-13-7-8-14-25(24)31(34)39/h3-12,15,21,24-25,27H,13-14,16-20H2,1-2H3,(H,33,37)/t24-,25+,27-/m1/s1. The summed E-state index contributed by atoms with van der Waals surface area (Å²) >= 11 is 0. The predicted molar refractivity (Wildman–Crippen MR) is 145 cm³/mol. The second-order valence-corrected chi connectivity index (χ2v) is 10.7. The van der Waals surface area contributed by atoms with Crippen molar-refractivity contribution in [1.82, 2.24) is 15.1 Å². The van der Waals surface area contributed by atoms with Crippen LogP contribution >= 0.6 is 0 Å². The summed E-state index contributed by atoms with van der Waals surface area (Å²) in [6.45, 7) is 4.20. The summed E-state index contributed by atoms with van der Waals surface area (Å²) in [6.07, 6.45) is 4.97. The molecule has 8 heteroatoms. The van der Waals surface area contributed by atoms with Gasteiger partial charge in [0.25, 0.3) is 0 Å². The van der Waals surface area contributed by atoms with Crippen LogP contribution in [0.5, 0.6) is 0 Å². The van der Waals surface area contributed by atoms with Gasteiger partial charge in [0.1, 0.15) is 11.9 Å². The Labute approximate surface area is 229 Å². The average Bonchev–Trinajstić information content (AvgIpc) is 3.18. The maximum absolute atomic E-state index is 14.7. The number of hydrogen-bond donors (Lipinski definition) is 1. The molecule has 2 aliphatic rings. The van der Waals surface area contributed by atoms with Crippen LogP contribution in [0.1, 0.15) is 44.2 Å². The lowest BCUT2D eigenvalue weighted by molar-refractivity contribution is -0.144. The quantitative estimate of drug-likeness (QED) is 0.351. The van der Waals surface area contributed by atoms with Crippen molar-refractivity contribution in [1.29, 1.82) is 0 Å². The molecule has 0 unspecified atom stereocenters. The van der Waals surface area contributed by atoms with Crippen molar-refractivity contribution in [2.24, 2.45) is 17.8 Å². The second kappa shape index (κ2) is 12.8. The van der Waals surface area contributed by atoms with Crippen molar-refractivity contribution in [3.05, 3.63) is 83.7 Å². The topological polar surface area (TPSA) is 86.8 Å². The zero-order chi connectivity index (χ0) is 27.9. The number of benzene rings is 2. The van der Waals surface area contributed by atoms with Gasteiger partial charge in [-0.15, -0.1) is 0 Å². The summed E-state index contributed by atoms with van der Waals surface area (Å²) in [6, 6.07) is 14.6. The molecule has 206 valence electrons. The third kappa shape index (κ3) is 6.80. The van der Waals surface area contributed by atoms with Crippen LogP contribution in [0, 0.1) is 23.6 Å². The largest absolute Gasteiger partial charge is 0.354 e. The van der Waals surface area contributed by atoms with Crippen molar-refractivity contribution < 1.29 is 23.6 Å². The van der Waals surface area contributed by atoms with E-state index in [9.17, 15) is 23.6 Å². The van der Waals surface area contributed by atoms with Gasteiger partial charge < -0.3 is 10.2 Å². The number of fused-ring (bicyclic) bond motifs is 1. The number of halogens is 1. The average molecular weight is 534 g/mol. The summed E-state index contributed by atoms with van der Waals surface area (Å²) in [5.74, 6) is -2.28. The Kier molecular flexibility index (Phi) is 9.28. The zero-order valence-corrected chi connectivity index (χ0v) is 22.5. The first kappa shape index (κ1) is 28.2. The Bertz CT molecular complexity index is 1200. The van der Waals surface area contributed by atoms with Gasteiger partial charge in [0, 0.05) is 38.0 Å². The Morgan fingerprint density at radius 2 is 1.59 bits per heavy atom. The minimum absolute atomic E-state index is 0.0665. The van der Waals surface area contributed by atoms with Crippen LogP contribution in [-0.2, 0) is 32.1 Å². The fourth-order valence-corrected chi connectivity index (χ4v) is 5.23. The highest BCUT2D eigenvalue weighted by atomic mass is 19.1. The highest BCUT2D eigenvalue weighted by molar-refractivity contribution is 6.05. The second-order valence-electron chi connectivity index (χ2n) is 10.7. The molecule has 1 aliphatic carbocycles. The molecule has 2 aromatic rings. The Morgan fingerprint density at radius 1 is 0.974 bits per heavy atom. The Morgan fingerprint density at radius 3 is 2.21 bits per heavy atom. The van der Waals surface area contributed by atoms with Crippen molar-refractivity contribution in [3.63, 3.8) is 0 Å². The van der Waals surface area contributed by atoms with E-state index in [0.717, 1.165) is 5.56 Å².